The zero-order valence-electron chi connectivity index (χ0n) is 8.48. The first-order valence-corrected chi connectivity index (χ1v) is 5.15. The molecule has 0 N–H and O–H groups in total. The Morgan fingerprint density at radius 1 is 1.47 bits per heavy atom. The summed E-state index contributed by atoms with van der Waals surface area (Å²) in [7, 11) is 1.82. The zero-order valence-corrected chi connectivity index (χ0v) is 9.24. The number of hydrogen-bond acceptors (Lipinski definition) is 3. The van der Waals surface area contributed by atoms with Gasteiger partial charge < -0.3 is 9.80 Å². The Hall–Kier alpha value is -1.29. The lowest BCUT2D eigenvalue weighted by atomic mass is 10.3. The summed E-state index contributed by atoms with van der Waals surface area (Å²) in [6, 6.07) is 3.64. The van der Waals surface area contributed by atoms with E-state index in [1.807, 2.05) is 18.0 Å². The van der Waals surface area contributed by atoms with E-state index >= 15 is 0 Å². The van der Waals surface area contributed by atoms with E-state index in [-0.39, 0.29) is 5.91 Å². The van der Waals surface area contributed by atoms with Gasteiger partial charge in [-0.05, 0) is 12.1 Å². The molecule has 0 unspecified atom stereocenters. The number of carbonyl (C=O) groups is 1. The lowest BCUT2D eigenvalue weighted by Gasteiger charge is -2.33. The van der Waals surface area contributed by atoms with Gasteiger partial charge in [0.15, 0.2) is 0 Å². The number of hydrogen-bond donors (Lipinski definition) is 0. The highest BCUT2D eigenvalue weighted by molar-refractivity contribution is 6.29. The summed E-state index contributed by atoms with van der Waals surface area (Å²) in [6.07, 6.45) is 1.65. The topological polar surface area (TPSA) is 36.4 Å². The van der Waals surface area contributed by atoms with Crippen LogP contribution in [0.4, 0.5) is 5.69 Å². The van der Waals surface area contributed by atoms with Gasteiger partial charge in [0.2, 0.25) is 5.91 Å². The van der Waals surface area contributed by atoms with Gasteiger partial charge in [0, 0.05) is 32.0 Å². The van der Waals surface area contributed by atoms with Crippen molar-refractivity contribution in [2.24, 2.45) is 0 Å². The highest BCUT2D eigenvalue weighted by Crippen LogP contribution is 2.18. The van der Waals surface area contributed by atoms with E-state index in [2.05, 4.69) is 4.98 Å². The van der Waals surface area contributed by atoms with Crippen LogP contribution in [0.3, 0.4) is 0 Å². The summed E-state index contributed by atoms with van der Waals surface area (Å²) in [5, 5.41) is 0.457. The first-order chi connectivity index (χ1) is 7.16. The monoisotopic (exact) mass is 225 g/mol. The van der Waals surface area contributed by atoms with Gasteiger partial charge in [-0.1, -0.05) is 11.6 Å². The summed E-state index contributed by atoms with van der Waals surface area (Å²) in [4.78, 5) is 19.2. The minimum Gasteiger partial charge on any atom is -0.360 e. The zero-order chi connectivity index (χ0) is 10.8. The van der Waals surface area contributed by atoms with Gasteiger partial charge in [0.05, 0.1) is 6.54 Å². The maximum Gasteiger partial charge on any atom is 0.241 e. The third-order valence-electron chi connectivity index (χ3n) is 2.53. The Balaban J connectivity index is 2.15. The molecular weight excluding hydrogens is 214 g/mol. The van der Waals surface area contributed by atoms with Crippen molar-refractivity contribution < 1.29 is 4.79 Å². The van der Waals surface area contributed by atoms with E-state index in [9.17, 15) is 4.79 Å². The minimum absolute atomic E-state index is 0.134. The molecule has 1 aliphatic rings. The van der Waals surface area contributed by atoms with Crippen LogP contribution in [-0.4, -0.2) is 42.5 Å². The molecule has 0 bridgehead atoms. The maximum absolute atomic E-state index is 11.5. The molecule has 0 aromatic carbocycles. The van der Waals surface area contributed by atoms with Crippen LogP contribution < -0.4 is 4.90 Å². The average Bonchev–Trinajstić information content (AvgIpc) is 2.22. The van der Waals surface area contributed by atoms with Gasteiger partial charge in [0.25, 0.3) is 0 Å². The number of likely N-dealkylation sites (N-methyl/N-ethyl adjacent to an activating group) is 1. The summed E-state index contributed by atoms with van der Waals surface area (Å²) >= 11 is 5.80. The van der Waals surface area contributed by atoms with Crippen molar-refractivity contribution in [1.82, 2.24) is 9.88 Å². The third-order valence-corrected chi connectivity index (χ3v) is 2.74. The predicted molar refractivity (Wildman–Crippen MR) is 59.1 cm³/mol. The normalized spacial score (nSPS) is 17.1. The van der Waals surface area contributed by atoms with E-state index in [4.69, 9.17) is 11.6 Å². The Bertz CT molecular complexity index is 383. The number of piperazine rings is 1. The van der Waals surface area contributed by atoms with Gasteiger partial charge in [-0.2, -0.15) is 0 Å². The molecule has 0 saturated carbocycles. The van der Waals surface area contributed by atoms with Crippen molar-refractivity contribution in [3.05, 3.63) is 23.5 Å². The van der Waals surface area contributed by atoms with E-state index in [0.29, 0.717) is 11.7 Å². The molecular formula is C10H12ClN3O. The van der Waals surface area contributed by atoms with Crippen LogP contribution in [-0.2, 0) is 4.79 Å². The van der Waals surface area contributed by atoms with Gasteiger partial charge in [-0.3, -0.25) is 4.79 Å². The van der Waals surface area contributed by atoms with Crippen LogP contribution in [0.15, 0.2) is 18.3 Å². The van der Waals surface area contributed by atoms with Gasteiger partial charge in [-0.15, -0.1) is 0 Å². The fourth-order valence-electron chi connectivity index (χ4n) is 1.57. The Morgan fingerprint density at radius 3 is 2.93 bits per heavy atom. The summed E-state index contributed by atoms with van der Waals surface area (Å²) in [5.41, 5.74) is 0.955. The molecule has 0 aliphatic carbocycles. The van der Waals surface area contributed by atoms with Crippen LogP contribution in [0, 0.1) is 0 Å². The molecule has 4 nitrogen and oxygen atoms in total. The van der Waals surface area contributed by atoms with Crippen LogP contribution in [0.1, 0.15) is 0 Å². The quantitative estimate of drug-likeness (QED) is 0.670. The fraction of sp³-hybridized carbons (Fsp3) is 0.400. The number of pyridine rings is 1. The molecule has 1 aromatic rings. The molecule has 0 spiro atoms. The molecule has 15 heavy (non-hydrogen) atoms. The molecule has 2 heterocycles. The molecule has 5 heteroatoms. The highest BCUT2D eigenvalue weighted by Gasteiger charge is 2.21. The Labute approximate surface area is 93.5 Å². The van der Waals surface area contributed by atoms with E-state index < -0.39 is 0 Å². The largest absolute Gasteiger partial charge is 0.360 e. The number of carbonyl (C=O) groups excluding carboxylic acids is 1. The molecule has 1 saturated heterocycles. The lowest BCUT2D eigenvalue weighted by molar-refractivity contribution is -0.129. The fourth-order valence-corrected chi connectivity index (χ4v) is 1.74. The molecule has 80 valence electrons. The second kappa shape index (κ2) is 4.06. The van der Waals surface area contributed by atoms with Crippen molar-refractivity contribution in [3.8, 4) is 0 Å². The van der Waals surface area contributed by atoms with Crippen LogP contribution in [0.25, 0.3) is 0 Å². The van der Waals surface area contributed by atoms with Gasteiger partial charge in [-0.25, -0.2) is 4.98 Å². The van der Waals surface area contributed by atoms with Crippen molar-refractivity contribution >= 4 is 23.2 Å². The van der Waals surface area contributed by atoms with Gasteiger partial charge in [0.1, 0.15) is 5.15 Å². The van der Waals surface area contributed by atoms with Crippen molar-refractivity contribution in [3.63, 3.8) is 0 Å². The van der Waals surface area contributed by atoms with Crippen molar-refractivity contribution in [1.29, 1.82) is 0 Å². The van der Waals surface area contributed by atoms with E-state index in [0.717, 1.165) is 18.8 Å². The third kappa shape index (κ3) is 2.21. The minimum atomic E-state index is 0.134. The highest BCUT2D eigenvalue weighted by atomic mass is 35.5. The van der Waals surface area contributed by atoms with Crippen LogP contribution in [0.5, 0.6) is 0 Å². The molecule has 1 aromatic heterocycles. The number of anilines is 1. The van der Waals surface area contributed by atoms with Crippen molar-refractivity contribution in [2.45, 2.75) is 0 Å². The van der Waals surface area contributed by atoms with E-state index in [1.54, 1.807) is 17.2 Å². The number of halogens is 1. The van der Waals surface area contributed by atoms with Gasteiger partial charge >= 0.3 is 0 Å². The number of rotatable bonds is 1. The second-order valence-electron chi connectivity index (χ2n) is 3.57. The molecule has 1 fully saturated rings. The van der Waals surface area contributed by atoms with E-state index in [1.165, 1.54) is 0 Å². The molecule has 2 rings (SSSR count). The molecule has 1 aliphatic heterocycles. The number of nitrogens with zero attached hydrogens (tertiary/aromatic N) is 3. The summed E-state index contributed by atoms with van der Waals surface area (Å²) < 4.78 is 0. The lowest BCUT2D eigenvalue weighted by Crippen LogP contribution is -2.48. The summed E-state index contributed by atoms with van der Waals surface area (Å²) in [5.74, 6) is 0.134. The summed E-state index contributed by atoms with van der Waals surface area (Å²) in [6.45, 7) is 2.00. The SMILES string of the molecule is CN1CCN(c2ccnc(Cl)c2)CC1=O. The molecule has 0 atom stereocenters. The predicted octanol–water partition coefficient (Wildman–Crippen LogP) is 1.01. The second-order valence-corrected chi connectivity index (χ2v) is 3.96. The number of amides is 1. The van der Waals surface area contributed by atoms with Crippen molar-refractivity contribution in [2.75, 3.05) is 31.6 Å². The maximum atomic E-state index is 11.5. The smallest absolute Gasteiger partial charge is 0.241 e. The van der Waals surface area contributed by atoms with Crippen LogP contribution >= 0.6 is 11.6 Å². The Kier molecular flexibility index (Phi) is 2.77. The number of aromatic nitrogens is 1. The molecule has 1 amide bonds. The first kappa shape index (κ1) is 10.2. The standard InChI is InChI=1S/C10H12ClN3O/c1-13-4-5-14(7-10(13)15)8-2-3-12-9(11)6-8/h2-3,6H,4-5,7H2,1H3. The van der Waals surface area contributed by atoms with Crippen LogP contribution in [0.2, 0.25) is 5.15 Å². The Morgan fingerprint density at radius 2 is 2.27 bits per heavy atom. The molecule has 0 radical (unpaired) electrons. The first-order valence-electron chi connectivity index (χ1n) is 4.77. The average molecular weight is 226 g/mol.